The van der Waals surface area contributed by atoms with Gasteiger partial charge in [0.1, 0.15) is 0 Å². The molecule has 1 aromatic rings. The highest BCUT2D eigenvalue weighted by Crippen LogP contribution is 2.12. The van der Waals surface area contributed by atoms with Gasteiger partial charge in [-0.1, -0.05) is 30.3 Å². The molecule has 1 aliphatic rings. The van der Waals surface area contributed by atoms with Crippen molar-refractivity contribution in [2.45, 2.75) is 32.4 Å². The summed E-state index contributed by atoms with van der Waals surface area (Å²) in [6.45, 7) is 3.01. The van der Waals surface area contributed by atoms with Gasteiger partial charge >= 0.3 is 6.09 Å². The van der Waals surface area contributed by atoms with E-state index in [1.54, 1.807) is 11.8 Å². The number of nitrogens with zero attached hydrogens (tertiary/aromatic N) is 2. The predicted molar refractivity (Wildman–Crippen MR) is 101 cm³/mol. The molecule has 2 rings (SSSR count). The summed E-state index contributed by atoms with van der Waals surface area (Å²) in [4.78, 5) is 25.7. The highest BCUT2D eigenvalue weighted by molar-refractivity contribution is 7.88. The Morgan fingerprint density at radius 2 is 1.85 bits per heavy atom. The first-order valence-electron chi connectivity index (χ1n) is 8.99. The molecule has 0 saturated carbocycles. The zero-order valence-electron chi connectivity index (χ0n) is 15.8. The number of sulfonamides is 1. The number of likely N-dealkylation sites (tertiary alicyclic amines) is 1. The summed E-state index contributed by atoms with van der Waals surface area (Å²) in [6.07, 6.45) is 1.99. The highest BCUT2D eigenvalue weighted by atomic mass is 32.2. The maximum absolute atomic E-state index is 12.4. The summed E-state index contributed by atoms with van der Waals surface area (Å²) in [6, 6.07) is 9.06. The molecule has 0 radical (unpaired) electrons. The number of carbonyl (C=O) groups excluding carboxylic acids is 2. The summed E-state index contributed by atoms with van der Waals surface area (Å²) >= 11 is 0. The first kappa shape index (κ1) is 21.2. The molecule has 0 atom stereocenters. The van der Waals surface area contributed by atoms with Crippen molar-refractivity contribution < 1.29 is 22.7 Å². The molecule has 27 heavy (non-hydrogen) atoms. The molecule has 0 bridgehead atoms. The molecule has 1 aromatic carbocycles. The van der Waals surface area contributed by atoms with E-state index in [2.05, 4.69) is 5.32 Å². The molecule has 0 aliphatic carbocycles. The fourth-order valence-electron chi connectivity index (χ4n) is 2.93. The molecule has 0 unspecified atom stereocenters. The van der Waals surface area contributed by atoms with Gasteiger partial charge in [0.05, 0.1) is 19.4 Å². The number of hydrogen-bond donors (Lipinski definition) is 1. The Kier molecular flexibility index (Phi) is 7.61. The van der Waals surface area contributed by atoms with Crippen molar-refractivity contribution >= 4 is 22.0 Å². The van der Waals surface area contributed by atoms with Crippen molar-refractivity contribution in [3.05, 3.63) is 35.9 Å². The smallest absolute Gasteiger partial charge is 0.409 e. The Hall–Kier alpha value is -2.13. The normalized spacial score (nSPS) is 15.6. The van der Waals surface area contributed by atoms with Gasteiger partial charge in [0, 0.05) is 25.7 Å². The van der Waals surface area contributed by atoms with Crippen LogP contribution >= 0.6 is 0 Å². The molecule has 1 N–H and O–H groups in total. The Balaban J connectivity index is 1.86. The molecule has 0 aromatic heterocycles. The van der Waals surface area contributed by atoms with Crippen LogP contribution in [0, 0.1) is 0 Å². The first-order chi connectivity index (χ1) is 12.8. The zero-order chi connectivity index (χ0) is 19.9. The largest absolute Gasteiger partial charge is 0.450 e. The van der Waals surface area contributed by atoms with Crippen LogP contribution in [-0.4, -0.2) is 68.2 Å². The summed E-state index contributed by atoms with van der Waals surface area (Å²) in [5.41, 5.74) is 0.818. The fraction of sp³-hybridized carbons (Fsp3) is 0.556. The molecule has 8 nitrogen and oxygen atoms in total. The molecule has 1 heterocycles. The Labute approximate surface area is 160 Å². The second kappa shape index (κ2) is 9.70. The number of rotatable bonds is 7. The van der Waals surface area contributed by atoms with Crippen LogP contribution < -0.4 is 5.32 Å². The van der Waals surface area contributed by atoms with Crippen molar-refractivity contribution in [3.63, 3.8) is 0 Å². The standard InChI is InChI=1S/C18H27N3O5S/c1-3-26-18(23)20-11-9-16(10-12-20)19-17(22)14-21(27(2,24)25)13-15-7-5-4-6-8-15/h4-8,16H,3,9-14H2,1-2H3,(H,19,22). The minimum absolute atomic E-state index is 0.0821. The molecule has 2 amide bonds. The molecule has 150 valence electrons. The second-order valence-corrected chi connectivity index (χ2v) is 8.53. The van der Waals surface area contributed by atoms with Gasteiger partial charge in [0.15, 0.2) is 0 Å². The lowest BCUT2D eigenvalue weighted by atomic mass is 10.1. The number of piperidine rings is 1. The number of nitrogens with one attached hydrogen (secondary N) is 1. The monoisotopic (exact) mass is 397 g/mol. The third-order valence-electron chi connectivity index (χ3n) is 4.38. The highest BCUT2D eigenvalue weighted by Gasteiger charge is 2.26. The minimum Gasteiger partial charge on any atom is -0.450 e. The lowest BCUT2D eigenvalue weighted by Crippen LogP contribution is -2.49. The number of ether oxygens (including phenoxy) is 1. The maximum Gasteiger partial charge on any atom is 0.409 e. The molecule has 1 aliphatic heterocycles. The van der Waals surface area contributed by atoms with E-state index in [9.17, 15) is 18.0 Å². The molecule has 1 fully saturated rings. The zero-order valence-corrected chi connectivity index (χ0v) is 16.6. The van der Waals surface area contributed by atoms with Gasteiger partial charge in [0.25, 0.3) is 0 Å². The second-order valence-electron chi connectivity index (χ2n) is 6.54. The van der Waals surface area contributed by atoms with Crippen LogP contribution in [0.15, 0.2) is 30.3 Å². The van der Waals surface area contributed by atoms with Crippen LogP contribution in [0.25, 0.3) is 0 Å². The third-order valence-corrected chi connectivity index (χ3v) is 5.57. The summed E-state index contributed by atoms with van der Waals surface area (Å²) < 4.78 is 30.2. The summed E-state index contributed by atoms with van der Waals surface area (Å²) in [5, 5.41) is 2.87. The van der Waals surface area contributed by atoms with Crippen LogP contribution in [0.5, 0.6) is 0 Å². The van der Waals surface area contributed by atoms with E-state index in [1.165, 1.54) is 0 Å². The van der Waals surface area contributed by atoms with E-state index < -0.39 is 10.0 Å². The quantitative estimate of drug-likeness (QED) is 0.745. The van der Waals surface area contributed by atoms with E-state index in [-0.39, 0.29) is 31.1 Å². The van der Waals surface area contributed by atoms with Crippen molar-refractivity contribution in [2.75, 3.05) is 32.5 Å². The Bertz CT molecular complexity index is 731. The van der Waals surface area contributed by atoms with E-state index in [0.717, 1.165) is 16.1 Å². The maximum atomic E-state index is 12.4. The van der Waals surface area contributed by atoms with E-state index in [4.69, 9.17) is 4.74 Å². The van der Waals surface area contributed by atoms with Gasteiger partial charge in [0.2, 0.25) is 15.9 Å². The molecular weight excluding hydrogens is 370 g/mol. The number of amides is 2. The lowest BCUT2D eigenvalue weighted by Gasteiger charge is -2.32. The Morgan fingerprint density at radius 3 is 2.41 bits per heavy atom. The van der Waals surface area contributed by atoms with Gasteiger partial charge < -0.3 is 15.0 Å². The van der Waals surface area contributed by atoms with Crippen molar-refractivity contribution in [1.29, 1.82) is 0 Å². The number of hydrogen-bond acceptors (Lipinski definition) is 5. The van der Waals surface area contributed by atoms with E-state index in [1.807, 2.05) is 30.3 Å². The number of benzene rings is 1. The number of carbonyl (C=O) groups is 2. The molecule has 1 saturated heterocycles. The molecule has 0 spiro atoms. The van der Waals surface area contributed by atoms with Crippen molar-refractivity contribution in [2.24, 2.45) is 0 Å². The van der Waals surface area contributed by atoms with Crippen molar-refractivity contribution in [3.8, 4) is 0 Å². The van der Waals surface area contributed by atoms with Crippen LogP contribution in [0.1, 0.15) is 25.3 Å². The van der Waals surface area contributed by atoms with Crippen LogP contribution in [-0.2, 0) is 26.1 Å². The average Bonchev–Trinajstić information content (AvgIpc) is 2.62. The minimum atomic E-state index is -3.52. The van der Waals surface area contributed by atoms with Crippen LogP contribution in [0.3, 0.4) is 0 Å². The SMILES string of the molecule is CCOC(=O)N1CCC(NC(=O)CN(Cc2ccccc2)S(C)(=O)=O)CC1. The third kappa shape index (κ3) is 6.84. The van der Waals surface area contributed by atoms with Gasteiger partial charge in [-0.05, 0) is 25.3 Å². The fourth-order valence-corrected chi connectivity index (χ4v) is 3.67. The van der Waals surface area contributed by atoms with E-state index >= 15 is 0 Å². The van der Waals surface area contributed by atoms with Crippen molar-refractivity contribution in [1.82, 2.24) is 14.5 Å². The van der Waals surface area contributed by atoms with Crippen LogP contribution in [0.4, 0.5) is 4.79 Å². The predicted octanol–water partition coefficient (Wildman–Crippen LogP) is 1.19. The van der Waals surface area contributed by atoms with Crippen LogP contribution in [0.2, 0.25) is 0 Å². The summed E-state index contributed by atoms with van der Waals surface area (Å²) in [5.74, 6) is -0.342. The van der Waals surface area contributed by atoms with Gasteiger partial charge in [-0.15, -0.1) is 0 Å². The lowest BCUT2D eigenvalue weighted by molar-refractivity contribution is -0.122. The van der Waals surface area contributed by atoms with Gasteiger partial charge in [-0.25, -0.2) is 13.2 Å². The Morgan fingerprint density at radius 1 is 1.22 bits per heavy atom. The molecule has 9 heteroatoms. The topological polar surface area (TPSA) is 96.0 Å². The van der Waals surface area contributed by atoms with E-state index in [0.29, 0.717) is 32.5 Å². The van der Waals surface area contributed by atoms with Gasteiger partial charge in [-0.3, -0.25) is 4.79 Å². The first-order valence-corrected chi connectivity index (χ1v) is 10.8. The molecular formula is C18H27N3O5S. The average molecular weight is 397 g/mol. The van der Waals surface area contributed by atoms with Gasteiger partial charge in [-0.2, -0.15) is 4.31 Å². The summed E-state index contributed by atoms with van der Waals surface area (Å²) in [7, 11) is -3.52.